The molecule has 2 aromatic carbocycles. The van der Waals surface area contributed by atoms with Gasteiger partial charge in [-0.2, -0.15) is 0 Å². The van der Waals surface area contributed by atoms with E-state index in [-0.39, 0.29) is 0 Å². The molecule has 0 saturated carbocycles. The standard InChI is InChI=1S/C22H26INO4/c1-4-6-18(7-5-2)24-28-22(25)16(3)26-19-12-14-21(15-13-19)27-20-10-8-17(23)9-11-20/h8-16H,4-7H2,1-3H3. The van der Waals surface area contributed by atoms with E-state index in [1.807, 2.05) is 24.3 Å². The van der Waals surface area contributed by atoms with Crippen molar-refractivity contribution in [3.05, 3.63) is 52.1 Å². The lowest BCUT2D eigenvalue weighted by atomic mass is 10.1. The van der Waals surface area contributed by atoms with Gasteiger partial charge in [0.25, 0.3) is 0 Å². The van der Waals surface area contributed by atoms with Crippen molar-refractivity contribution >= 4 is 34.3 Å². The quantitative estimate of drug-likeness (QED) is 0.167. The third-order valence-corrected chi connectivity index (χ3v) is 4.58. The summed E-state index contributed by atoms with van der Waals surface area (Å²) in [7, 11) is 0. The molecule has 28 heavy (non-hydrogen) atoms. The molecule has 0 radical (unpaired) electrons. The highest BCUT2D eigenvalue weighted by Crippen LogP contribution is 2.25. The summed E-state index contributed by atoms with van der Waals surface area (Å²) in [6.07, 6.45) is 2.85. The molecule has 5 nitrogen and oxygen atoms in total. The summed E-state index contributed by atoms with van der Waals surface area (Å²) >= 11 is 2.25. The molecule has 1 atom stereocenters. The first kappa shape index (κ1) is 22.2. The van der Waals surface area contributed by atoms with Gasteiger partial charge in [-0.15, -0.1) is 0 Å². The van der Waals surface area contributed by atoms with Crippen LogP contribution in [0.3, 0.4) is 0 Å². The Morgan fingerprint density at radius 3 is 1.96 bits per heavy atom. The van der Waals surface area contributed by atoms with Crippen LogP contribution in [0, 0.1) is 3.57 Å². The number of hydrogen-bond acceptors (Lipinski definition) is 5. The van der Waals surface area contributed by atoms with Crippen molar-refractivity contribution in [3.8, 4) is 17.2 Å². The number of rotatable bonds is 10. The average Bonchev–Trinajstić information content (AvgIpc) is 2.69. The number of carbonyl (C=O) groups is 1. The summed E-state index contributed by atoms with van der Waals surface area (Å²) in [5.41, 5.74) is 0.905. The number of carbonyl (C=O) groups excluding carboxylic acids is 1. The molecule has 1 unspecified atom stereocenters. The van der Waals surface area contributed by atoms with Crippen molar-refractivity contribution in [2.24, 2.45) is 5.16 Å². The van der Waals surface area contributed by atoms with Gasteiger partial charge in [0.15, 0.2) is 6.10 Å². The van der Waals surface area contributed by atoms with E-state index in [2.05, 4.69) is 41.6 Å². The minimum atomic E-state index is -0.754. The third-order valence-electron chi connectivity index (χ3n) is 3.86. The van der Waals surface area contributed by atoms with E-state index in [4.69, 9.17) is 14.3 Å². The van der Waals surface area contributed by atoms with Crippen molar-refractivity contribution in [1.29, 1.82) is 0 Å². The van der Waals surface area contributed by atoms with Gasteiger partial charge < -0.3 is 14.3 Å². The predicted octanol–water partition coefficient (Wildman–Crippen LogP) is 6.35. The Hall–Kier alpha value is -2.09. The SMILES string of the molecule is CCCC(CCC)=NOC(=O)C(C)Oc1ccc(Oc2ccc(I)cc2)cc1. The smallest absolute Gasteiger partial charge is 0.374 e. The molecule has 0 fully saturated rings. The highest BCUT2D eigenvalue weighted by molar-refractivity contribution is 14.1. The number of halogens is 1. The fraction of sp³-hybridized carbons (Fsp3) is 0.364. The number of ether oxygens (including phenoxy) is 2. The molecule has 0 N–H and O–H groups in total. The number of nitrogens with zero attached hydrogens (tertiary/aromatic N) is 1. The highest BCUT2D eigenvalue weighted by Gasteiger charge is 2.17. The first-order valence-corrected chi connectivity index (χ1v) is 10.6. The molecule has 2 aromatic rings. The normalized spacial score (nSPS) is 11.4. The van der Waals surface area contributed by atoms with E-state index in [1.54, 1.807) is 31.2 Å². The van der Waals surface area contributed by atoms with Gasteiger partial charge in [-0.1, -0.05) is 31.8 Å². The van der Waals surface area contributed by atoms with E-state index < -0.39 is 12.1 Å². The minimum Gasteiger partial charge on any atom is -0.479 e. The Morgan fingerprint density at radius 1 is 0.929 bits per heavy atom. The van der Waals surface area contributed by atoms with Crippen LogP contribution < -0.4 is 9.47 Å². The molecule has 0 heterocycles. The van der Waals surface area contributed by atoms with Crippen LogP contribution in [0.15, 0.2) is 53.7 Å². The lowest BCUT2D eigenvalue weighted by Gasteiger charge is -2.13. The van der Waals surface area contributed by atoms with Crippen LogP contribution in [0.5, 0.6) is 17.2 Å². The Balaban J connectivity index is 1.89. The van der Waals surface area contributed by atoms with Crippen LogP contribution >= 0.6 is 22.6 Å². The Labute approximate surface area is 180 Å². The topological polar surface area (TPSA) is 57.1 Å². The first-order valence-electron chi connectivity index (χ1n) is 9.48. The largest absolute Gasteiger partial charge is 0.479 e. The third kappa shape index (κ3) is 7.50. The first-order chi connectivity index (χ1) is 13.5. The van der Waals surface area contributed by atoms with Crippen molar-refractivity contribution in [2.45, 2.75) is 52.6 Å². The van der Waals surface area contributed by atoms with E-state index in [1.165, 1.54) is 0 Å². The monoisotopic (exact) mass is 495 g/mol. The molecular formula is C22H26INO4. The van der Waals surface area contributed by atoms with Crippen molar-refractivity contribution in [3.63, 3.8) is 0 Å². The Morgan fingerprint density at radius 2 is 1.43 bits per heavy atom. The Bertz CT molecular complexity index is 764. The number of oxime groups is 1. The molecule has 0 spiro atoms. The van der Waals surface area contributed by atoms with Gasteiger partial charge in [-0.25, -0.2) is 4.79 Å². The lowest BCUT2D eigenvalue weighted by molar-refractivity contribution is -0.151. The summed E-state index contributed by atoms with van der Waals surface area (Å²) < 4.78 is 12.6. The predicted molar refractivity (Wildman–Crippen MR) is 119 cm³/mol. The van der Waals surface area contributed by atoms with Gasteiger partial charge in [-0.3, -0.25) is 0 Å². The van der Waals surface area contributed by atoms with Crippen LogP contribution in [-0.2, 0) is 9.63 Å². The van der Waals surface area contributed by atoms with E-state index >= 15 is 0 Å². The van der Waals surface area contributed by atoms with Crippen molar-refractivity contribution < 1.29 is 19.1 Å². The maximum atomic E-state index is 12.1. The van der Waals surface area contributed by atoms with Gasteiger partial charge in [0, 0.05) is 3.57 Å². The zero-order chi connectivity index (χ0) is 20.4. The fourth-order valence-corrected chi connectivity index (χ4v) is 2.81. The Kier molecular flexibility index (Phi) is 9.27. The molecule has 150 valence electrons. The van der Waals surface area contributed by atoms with Crippen LogP contribution in [-0.4, -0.2) is 17.8 Å². The lowest BCUT2D eigenvalue weighted by Crippen LogP contribution is -2.25. The summed E-state index contributed by atoms with van der Waals surface area (Å²) in [5, 5.41) is 4.00. The van der Waals surface area contributed by atoms with Crippen molar-refractivity contribution in [1.82, 2.24) is 0 Å². The van der Waals surface area contributed by atoms with Gasteiger partial charge in [-0.05, 0) is 90.9 Å². The van der Waals surface area contributed by atoms with Crippen molar-refractivity contribution in [2.75, 3.05) is 0 Å². The molecular weight excluding hydrogens is 469 g/mol. The van der Waals surface area contributed by atoms with E-state index in [0.717, 1.165) is 40.7 Å². The van der Waals surface area contributed by atoms with Crippen LogP contribution in [0.1, 0.15) is 46.5 Å². The second kappa shape index (κ2) is 11.7. The van der Waals surface area contributed by atoms with Gasteiger partial charge in [0.2, 0.25) is 0 Å². The molecule has 0 amide bonds. The summed E-state index contributed by atoms with van der Waals surface area (Å²) in [5.74, 6) is 1.51. The average molecular weight is 495 g/mol. The zero-order valence-electron chi connectivity index (χ0n) is 16.5. The summed E-state index contributed by atoms with van der Waals surface area (Å²) in [6.45, 7) is 5.79. The second-order valence-corrected chi connectivity index (χ2v) is 7.60. The van der Waals surface area contributed by atoms with Gasteiger partial charge in [0.1, 0.15) is 17.2 Å². The molecule has 0 aliphatic heterocycles. The number of hydrogen-bond donors (Lipinski definition) is 0. The van der Waals surface area contributed by atoms with Gasteiger partial charge >= 0.3 is 5.97 Å². The molecule has 0 aliphatic carbocycles. The zero-order valence-corrected chi connectivity index (χ0v) is 18.6. The maximum Gasteiger partial charge on any atom is 0.374 e. The molecule has 2 rings (SSSR count). The molecule has 6 heteroatoms. The fourth-order valence-electron chi connectivity index (χ4n) is 2.45. The van der Waals surface area contributed by atoms with E-state index in [0.29, 0.717) is 11.5 Å². The maximum absolute atomic E-state index is 12.1. The van der Waals surface area contributed by atoms with Crippen LogP contribution in [0.2, 0.25) is 0 Å². The highest BCUT2D eigenvalue weighted by atomic mass is 127. The summed E-state index contributed by atoms with van der Waals surface area (Å²) in [6, 6.07) is 14.9. The van der Waals surface area contributed by atoms with Gasteiger partial charge in [0.05, 0.1) is 5.71 Å². The molecule has 0 bridgehead atoms. The van der Waals surface area contributed by atoms with E-state index in [9.17, 15) is 4.79 Å². The van der Waals surface area contributed by atoms with Crippen LogP contribution in [0.25, 0.3) is 0 Å². The van der Waals surface area contributed by atoms with Crippen LogP contribution in [0.4, 0.5) is 0 Å². The second-order valence-electron chi connectivity index (χ2n) is 6.36. The summed E-state index contributed by atoms with van der Waals surface area (Å²) in [4.78, 5) is 17.2. The molecule has 0 aromatic heterocycles. The number of benzene rings is 2. The minimum absolute atomic E-state index is 0.510. The molecule has 0 aliphatic rings. The molecule has 0 saturated heterocycles.